The summed E-state index contributed by atoms with van der Waals surface area (Å²) in [4.78, 5) is 6.35. The Bertz CT molecular complexity index is 554. The molecular formula is C14H20N4O2. The van der Waals surface area contributed by atoms with Gasteiger partial charge in [-0.15, -0.1) is 0 Å². The minimum Gasteiger partial charge on any atom is -0.493 e. The maximum Gasteiger partial charge on any atom is 0.261 e. The highest BCUT2D eigenvalue weighted by atomic mass is 16.5. The van der Waals surface area contributed by atoms with Crippen molar-refractivity contribution in [3.63, 3.8) is 0 Å². The first kappa shape index (κ1) is 14.5. The Kier molecular flexibility index (Phi) is 4.70. The summed E-state index contributed by atoms with van der Waals surface area (Å²) in [5, 5.41) is 3.95. The third-order valence-corrected chi connectivity index (χ3v) is 2.75. The number of ether oxygens (including phenoxy) is 1. The van der Waals surface area contributed by atoms with Gasteiger partial charge in [0.2, 0.25) is 0 Å². The Morgan fingerprint density at radius 2 is 2.10 bits per heavy atom. The van der Waals surface area contributed by atoms with Gasteiger partial charge in [-0.25, -0.2) is 0 Å². The molecule has 0 amide bonds. The molecule has 0 aliphatic carbocycles. The molecule has 1 aromatic heterocycles. The van der Waals surface area contributed by atoms with Crippen molar-refractivity contribution in [2.75, 3.05) is 27.2 Å². The molecule has 0 aliphatic heterocycles. The van der Waals surface area contributed by atoms with E-state index in [1.807, 2.05) is 50.2 Å². The number of benzene rings is 1. The van der Waals surface area contributed by atoms with Crippen molar-refractivity contribution >= 4 is 0 Å². The lowest BCUT2D eigenvalue weighted by molar-refractivity contribution is 0.338. The molecule has 0 fully saturated rings. The molecule has 20 heavy (non-hydrogen) atoms. The zero-order valence-electron chi connectivity index (χ0n) is 12.0. The van der Waals surface area contributed by atoms with E-state index < -0.39 is 0 Å². The van der Waals surface area contributed by atoms with Crippen molar-refractivity contribution in [1.82, 2.24) is 15.0 Å². The number of nitrogens with two attached hydrogens (primary N) is 1. The third-order valence-electron chi connectivity index (χ3n) is 2.75. The van der Waals surface area contributed by atoms with E-state index >= 15 is 0 Å². The van der Waals surface area contributed by atoms with Gasteiger partial charge in [0.15, 0.2) is 5.82 Å². The summed E-state index contributed by atoms with van der Waals surface area (Å²) in [6, 6.07) is 7.30. The summed E-state index contributed by atoms with van der Waals surface area (Å²) in [6.45, 7) is 3.17. The first-order valence-electron chi connectivity index (χ1n) is 6.58. The zero-order valence-corrected chi connectivity index (χ0v) is 12.0. The molecule has 6 heteroatoms. The molecule has 2 aromatic rings. The van der Waals surface area contributed by atoms with Gasteiger partial charge >= 0.3 is 0 Å². The van der Waals surface area contributed by atoms with Crippen LogP contribution in [0.15, 0.2) is 28.8 Å². The highest BCUT2D eigenvalue weighted by Gasteiger charge is 2.18. The van der Waals surface area contributed by atoms with Crippen LogP contribution in [-0.2, 0) is 0 Å². The molecule has 108 valence electrons. The van der Waals surface area contributed by atoms with Crippen LogP contribution in [0.4, 0.5) is 0 Å². The van der Waals surface area contributed by atoms with Gasteiger partial charge in [-0.2, -0.15) is 4.98 Å². The summed E-state index contributed by atoms with van der Waals surface area (Å²) in [5.41, 5.74) is 6.81. The molecule has 0 bridgehead atoms. The number of rotatable bonds is 6. The van der Waals surface area contributed by atoms with E-state index in [1.54, 1.807) is 0 Å². The van der Waals surface area contributed by atoms with Crippen LogP contribution in [0.25, 0.3) is 11.5 Å². The van der Waals surface area contributed by atoms with E-state index in [0.29, 0.717) is 24.9 Å². The van der Waals surface area contributed by atoms with Gasteiger partial charge in [-0.1, -0.05) is 17.3 Å². The van der Waals surface area contributed by atoms with Crippen molar-refractivity contribution in [2.24, 2.45) is 5.73 Å². The largest absolute Gasteiger partial charge is 0.493 e. The molecule has 0 saturated heterocycles. The fourth-order valence-corrected chi connectivity index (χ4v) is 1.89. The number of para-hydroxylation sites is 1. The summed E-state index contributed by atoms with van der Waals surface area (Å²) >= 11 is 0. The fourth-order valence-electron chi connectivity index (χ4n) is 1.89. The van der Waals surface area contributed by atoms with Crippen molar-refractivity contribution in [2.45, 2.75) is 13.0 Å². The van der Waals surface area contributed by atoms with Crippen LogP contribution in [0.5, 0.6) is 5.75 Å². The first-order valence-corrected chi connectivity index (χ1v) is 6.58. The van der Waals surface area contributed by atoms with Gasteiger partial charge in [0, 0.05) is 6.54 Å². The van der Waals surface area contributed by atoms with Gasteiger partial charge in [0.1, 0.15) is 5.75 Å². The second kappa shape index (κ2) is 6.49. The van der Waals surface area contributed by atoms with Crippen molar-refractivity contribution in [3.05, 3.63) is 30.1 Å². The summed E-state index contributed by atoms with van der Waals surface area (Å²) < 4.78 is 10.9. The van der Waals surface area contributed by atoms with Gasteiger partial charge in [0.25, 0.3) is 5.89 Å². The number of hydrogen-bond acceptors (Lipinski definition) is 6. The van der Waals surface area contributed by atoms with E-state index in [1.165, 1.54) is 0 Å². The van der Waals surface area contributed by atoms with Crippen LogP contribution in [0, 0.1) is 0 Å². The smallest absolute Gasteiger partial charge is 0.261 e. The lowest BCUT2D eigenvalue weighted by Gasteiger charge is -2.12. The molecule has 2 N–H and O–H groups in total. The highest BCUT2D eigenvalue weighted by molar-refractivity contribution is 5.62. The molecule has 0 saturated carbocycles. The number of aromatic nitrogens is 2. The Hall–Kier alpha value is -1.92. The predicted octanol–water partition coefficient (Wildman–Crippen LogP) is 1.70. The maximum atomic E-state index is 6.03. The van der Waals surface area contributed by atoms with Crippen LogP contribution in [0.2, 0.25) is 0 Å². The summed E-state index contributed by atoms with van der Waals surface area (Å²) in [6.07, 6.45) is 0. The van der Waals surface area contributed by atoms with Crippen LogP contribution in [0.3, 0.4) is 0 Å². The average molecular weight is 276 g/mol. The van der Waals surface area contributed by atoms with Crippen molar-refractivity contribution < 1.29 is 9.26 Å². The molecule has 1 unspecified atom stereocenters. The maximum absolute atomic E-state index is 6.03. The van der Waals surface area contributed by atoms with Crippen LogP contribution in [0.1, 0.15) is 18.8 Å². The molecule has 1 atom stereocenters. The third kappa shape index (κ3) is 3.34. The van der Waals surface area contributed by atoms with Crippen LogP contribution in [-0.4, -0.2) is 42.3 Å². The van der Waals surface area contributed by atoms with Gasteiger partial charge in [0.05, 0.1) is 18.2 Å². The Labute approximate surface area is 118 Å². The minimum absolute atomic E-state index is 0.276. The number of likely N-dealkylation sites (N-methyl/N-ethyl adjacent to an activating group) is 1. The lowest BCUT2D eigenvalue weighted by Crippen LogP contribution is -2.26. The molecule has 0 spiro atoms. The van der Waals surface area contributed by atoms with Gasteiger partial charge < -0.3 is 19.9 Å². The monoisotopic (exact) mass is 276 g/mol. The molecule has 6 nitrogen and oxygen atoms in total. The SMILES string of the molecule is CCOc1ccccc1-c1nc(C(N)CN(C)C)no1. The normalized spacial score (nSPS) is 12.7. The Morgan fingerprint density at radius 1 is 1.35 bits per heavy atom. The van der Waals surface area contributed by atoms with E-state index in [2.05, 4.69) is 10.1 Å². The zero-order chi connectivity index (χ0) is 14.5. The highest BCUT2D eigenvalue weighted by Crippen LogP contribution is 2.28. The van der Waals surface area contributed by atoms with Gasteiger partial charge in [-0.3, -0.25) is 0 Å². The molecule has 0 aliphatic rings. The van der Waals surface area contributed by atoms with E-state index in [0.717, 1.165) is 11.3 Å². The molecule has 2 rings (SSSR count). The first-order chi connectivity index (χ1) is 9.61. The molecule has 1 heterocycles. The minimum atomic E-state index is -0.276. The van der Waals surface area contributed by atoms with E-state index in [9.17, 15) is 0 Å². The average Bonchev–Trinajstić information content (AvgIpc) is 2.88. The van der Waals surface area contributed by atoms with E-state index in [4.69, 9.17) is 15.0 Å². The Balaban J connectivity index is 2.24. The van der Waals surface area contributed by atoms with Crippen LogP contribution >= 0.6 is 0 Å². The van der Waals surface area contributed by atoms with Crippen molar-refractivity contribution in [1.29, 1.82) is 0 Å². The molecule has 0 radical (unpaired) electrons. The van der Waals surface area contributed by atoms with Gasteiger partial charge in [-0.05, 0) is 33.2 Å². The summed E-state index contributed by atoms with van der Waals surface area (Å²) in [7, 11) is 3.90. The fraction of sp³-hybridized carbons (Fsp3) is 0.429. The Morgan fingerprint density at radius 3 is 2.80 bits per heavy atom. The van der Waals surface area contributed by atoms with Crippen LogP contribution < -0.4 is 10.5 Å². The standard InChI is InChI=1S/C14H20N4O2/c1-4-19-12-8-6-5-7-10(12)14-16-13(17-20-14)11(15)9-18(2)3/h5-8,11H,4,9,15H2,1-3H3. The number of hydrogen-bond donors (Lipinski definition) is 1. The quantitative estimate of drug-likeness (QED) is 0.865. The molecular weight excluding hydrogens is 256 g/mol. The van der Waals surface area contributed by atoms with Crippen molar-refractivity contribution in [3.8, 4) is 17.2 Å². The number of nitrogens with zero attached hydrogens (tertiary/aromatic N) is 3. The lowest BCUT2D eigenvalue weighted by atomic mass is 10.2. The van der Waals surface area contributed by atoms with E-state index in [-0.39, 0.29) is 6.04 Å². The second-order valence-electron chi connectivity index (χ2n) is 4.76. The molecule has 1 aromatic carbocycles. The topological polar surface area (TPSA) is 77.4 Å². The summed E-state index contributed by atoms with van der Waals surface area (Å²) in [5.74, 6) is 1.66. The second-order valence-corrected chi connectivity index (χ2v) is 4.76. The predicted molar refractivity (Wildman–Crippen MR) is 76.4 cm³/mol.